The van der Waals surface area contributed by atoms with Crippen LogP contribution in [0.25, 0.3) is 0 Å². The monoisotopic (exact) mass is 467 g/mol. The van der Waals surface area contributed by atoms with Gasteiger partial charge in [-0.15, -0.1) is 0 Å². The minimum atomic E-state index is -0.349. The first-order valence-corrected chi connectivity index (χ1v) is 11.4. The highest BCUT2D eigenvalue weighted by atomic mass is 19.1. The lowest BCUT2D eigenvalue weighted by Gasteiger charge is -2.24. The predicted octanol–water partition coefficient (Wildman–Crippen LogP) is 5.24. The molecule has 0 atom stereocenters. The zero-order valence-corrected chi connectivity index (χ0v) is 19.4. The van der Waals surface area contributed by atoms with E-state index in [0.29, 0.717) is 23.4 Å². The summed E-state index contributed by atoms with van der Waals surface area (Å²) in [6.07, 6.45) is 3.62. The molecule has 0 radical (unpaired) electrons. The molecular formula is C29H26FN3O2. The normalized spacial score (nSPS) is 10.6. The van der Waals surface area contributed by atoms with Crippen LogP contribution in [0.1, 0.15) is 32.6 Å². The first kappa shape index (κ1) is 23.8. The molecule has 0 spiro atoms. The summed E-state index contributed by atoms with van der Waals surface area (Å²) in [6, 6.07) is 24.7. The fourth-order valence-corrected chi connectivity index (χ4v) is 3.80. The molecule has 4 aromatic rings. The molecule has 0 aliphatic heterocycles. The number of aryl methyl sites for hydroxylation is 1. The molecule has 35 heavy (non-hydrogen) atoms. The summed E-state index contributed by atoms with van der Waals surface area (Å²) < 4.78 is 13.8. The van der Waals surface area contributed by atoms with E-state index in [2.05, 4.69) is 10.3 Å². The smallest absolute Gasteiger partial charge is 0.258 e. The van der Waals surface area contributed by atoms with Gasteiger partial charge in [0.25, 0.3) is 5.91 Å². The van der Waals surface area contributed by atoms with Crippen LogP contribution < -0.4 is 10.2 Å². The third-order valence-corrected chi connectivity index (χ3v) is 5.68. The molecule has 1 heterocycles. The van der Waals surface area contributed by atoms with Crippen molar-refractivity contribution in [3.63, 3.8) is 0 Å². The van der Waals surface area contributed by atoms with E-state index in [4.69, 9.17) is 0 Å². The van der Waals surface area contributed by atoms with Crippen molar-refractivity contribution in [2.75, 3.05) is 4.90 Å². The summed E-state index contributed by atoms with van der Waals surface area (Å²) >= 11 is 0. The molecule has 1 N–H and O–H groups in total. The highest BCUT2D eigenvalue weighted by molar-refractivity contribution is 6.07. The Hall–Kier alpha value is -4.32. The summed E-state index contributed by atoms with van der Waals surface area (Å²) in [4.78, 5) is 31.6. The topological polar surface area (TPSA) is 62.3 Å². The second-order valence-electron chi connectivity index (χ2n) is 8.32. The van der Waals surface area contributed by atoms with E-state index < -0.39 is 0 Å². The number of hydrogen-bond donors (Lipinski definition) is 1. The van der Waals surface area contributed by atoms with Crippen molar-refractivity contribution in [1.82, 2.24) is 10.3 Å². The highest BCUT2D eigenvalue weighted by Crippen LogP contribution is 2.23. The lowest BCUT2D eigenvalue weighted by molar-refractivity contribution is -0.120. The van der Waals surface area contributed by atoms with Crippen LogP contribution in [0, 0.1) is 12.7 Å². The Morgan fingerprint density at radius 1 is 0.886 bits per heavy atom. The van der Waals surface area contributed by atoms with Gasteiger partial charge in [0.05, 0.1) is 13.0 Å². The molecular weight excluding hydrogens is 441 g/mol. The van der Waals surface area contributed by atoms with E-state index in [1.54, 1.807) is 35.5 Å². The van der Waals surface area contributed by atoms with Crippen LogP contribution in [0.2, 0.25) is 0 Å². The van der Waals surface area contributed by atoms with Crippen molar-refractivity contribution >= 4 is 17.5 Å². The van der Waals surface area contributed by atoms with Crippen molar-refractivity contribution in [3.8, 4) is 0 Å². The van der Waals surface area contributed by atoms with Crippen LogP contribution in [0.3, 0.4) is 0 Å². The number of anilines is 1. The standard InChI is InChI=1S/C29H26FN3O2/c1-21-6-2-3-10-27(21)29(35)33(20-23-7-4-9-25(30)16-23)26-13-11-22(12-14-26)17-28(34)32-19-24-8-5-15-31-18-24/h2-16,18H,17,19-20H2,1H3,(H,32,34). The van der Waals surface area contributed by atoms with E-state index in [-0.39, 0.29) is 30.6 Å². The molecule has 2 amide bonds. The van der Waals surface area contributed by atoms with E-state index in [1.807, 2.05) is 61.5 Å². The van der Waals surface area contributed by atoms with Gasteiger partial charge in [-0.2, -0.15) is 0 Å². The summed E-state index contributed by atoms with van der Waals surface area (Å²) in [5.41, 5.74) is 4.56. The number of pyridine rings is 1. The number of nitrogens with one attached hydrogen (secondary N) is 1. The minimum Gasteiger partial charge on any atom is -0.352 e. The Kier molecular flexibility index (Phi) is 7.63. The maximum absolute atomic E-state index is 13.8. The largest absolute Gasteiger partial charge is 0.352 e. The third kappa shape index (κ3) is 6.38. The second kappa shape index (κ2) is 11.2. The zero-order chi connectivity index (χ0) is 24.6. The van der Waals surface area contributed by atoms with Gasteiger partial charge in [-0.25, -0.2) is 4.39 Å². The third-order valence-electron chi connectivity index (χ3n) is 5.68. The molecule has 3 aromatic carbocycles. The van der Waals surface area contributed by atoms with Gasteiger partial charge < -0.3 is 10.2 Å². The van der Waals surface area contributed by atoms with Crippen molar-refractivity contribution in [3.05, 3.63) is 131 Å². The quantitative estimate of drug-likeness (QED) is 0.386. The van der Waals surface area contributed by atoms with Crippen LogP contribution in [-0.2, 0) is 24.3 Å². The van der Waals surface area contributed by atoms with Gasteiger partial charge in [-0.05, 0) is 65.6 Å². The van der Waals surface area contributed by atoms with Gasteiger partial charge in [0.2, 0.25) is 5.91 Å². The first-order valence-electron chi connectivity index (χ1n) is 11.4. The summed E-state index contributed by atoms with van der Waals surface area (Å²) in [6.45, 7) is 2.52. The van der Waals surface area contributed by atoms with E-state index in [0.717, 1.165) is 16.7 Å². The highest BCUT2D eigenvalue weighted by Gasteiger charge is 2.20. The van der Waals surface area contributed by atoms with Crippen molar-refractivity contribution < 1.29 is 14.0 Å². The van der Waals surface area contributed by atoms with Gasteiger partial charge in [-0.3, -0.25) is 14.6 Å². The van der Waals surface area contributed by atoms with Crippen LogP contribution in [-0.4, -0.2) is 16.8 Å². The molecule has 0 bridgehead atoms. The summed E-state index contributed by atoms with van der Waals surface area (Å²) in [5, 5.41) is 2.89. The molecule has 0 saturated carbocycles. The van der Waals surface area contributed by atoms with Gasteiger partial charge in [0, 0.05) is 30.2 Å². The van der Waals surface area contributed by atoms with Crippen molar-refractivity contribution in [2.45, 2.75) is 26.4 Å². The van der Waals surface area contributed by atoms with Gasteiger partial charge in [-0.1, -0.05) is 48.5 Å². The minimum absolute atomic E-state index is 0.103. The first-order chi connectivity index (χ1) is 17.0. The number of aromatic nitrogens is 1. The van der Waals surface area contributed by atoms with Crippen LogP contribution in [0.4, 0.5) is 10.1 Å². The Morgan fingerprint density at radius 3 is 2.37 bits per heavy atom. The fraction of sp³-hybridized carbons (Fsp3) is 0.138. The molecule has 6 heteroatoms. The van der Waals surface area contributed by atoms with Gasteiger partial charge in [0.15, 0.2) is 0 Å². The number of hydrogen-bond acceptors (Lipinski definition) is 3. The molecule has 4 rings (SSSR count). The fourth-order valence-electron chi connectivity index (χ4n) is 3.80. The Morgan fingerprint density at radius 2 is 1.66 bits per heavy atom. The molecule has 176 valence electrons. The van der Waals surface area contributed by atoms with Crippen molar-refractivity contribution in [2.24, 2.45) is 0 Å². The average molecular weight is 468 g/mol. The average Bonchev–Trinajstić information content (AvgIpc) is 2.87. The molecule has 1 aromatic heterocycles. The number of rotatable bonds is 8. The molecule has 5 nitrogen and oxygen atoms in total. The second-order valence-corrected chi connectivity index (χ2v) is 8.32. The number of benzene rings is 3. The number of carbonyl (C=O) groups excluding carboxylic acids is 2. The van der Waals surface area contributed by atoms with E-state index in [9.17, 15) is 14.0 Å². The number of carbonyl (C=O) groups is 2. The lowest BCUT2D eigenvalue weighted by Crippen LogP contribution is -2.31. The van der Waals surface area contributed by atoms with Crippen LogP contribution >= 0.6 is 0 Å². The maximum Gasteiger partial charge on any atom is 0.258 e. The predicted molar refractivity (Wildman–Crippen MR) is 134 cm³/mol. The van der Waals surface area contributed by atoms with Crippen molar-refractivity contribution in [1.29, 1.82) is 0 Å². The number of nitrogens with zero attached hydrogens (tertiary/aromatic N) is 2. The molecule has 0 fully saturated rings. The SMILES string of the molecule is Cc1ccccc1C(=O)N(Cc1cccc(F)c1)c1ccc(CC(=O)NCc2cccnc2)cc1. The Balaban J connectivity index is 1.51. The number of halogens is 1. The lowest BCUT2D eigenvalue weighted by atomic mass is 10.1. The Bertz CT molecular complexity index is 1310. The molecule has 0 aliphatic carbocycles. The van der Waals surface area contributed by atoms with Crippen LogP contribution in [0.15, 0.2) is 97.3 Å². The molecule has 0 aliphatic rings. The van der Waals surface area contributed by atoms with Crippen LogP contribution in [0.5, 0.6) is 0 Å². The summed E-state index contributed by atoms with van der Waals surface area (Å²) in [7, 11) is 0. The van der Waals surface area contributed by atoms with Gasteiger partial charge in [0.1, 0.15) is 5.82 Å². The molecule has 0 unspecified atom stereocenters. The zero-order valence-electron chi connectivity index (χ0n) is 19.4. The maximum atomic E-state index is 13.8. The Labute approximate surface area is 204 Å². The summed E-state index contributed by atoms with van der Waals surface area (Å²) in [5.74, 6) is -0.623. The van der Waals surface area contributed by atoms with E-state index >= 15 is 0 Å². The van der Waals surface area contributed by atoms with E-state index in [1.165, 1.54) is 12.1 Å². The molecule has 0 saturated heterocycles. The van der Waals surface area contributed by atoms with Gasteiger partial charge >= 0.3 is 0 Å². The number of amides is 2.